The third-order valence-corrected chi connectivity index (χ3v) is 5.72. The van der Waals surface area contributed by atoms with Crippen molar-refractivity contribution >= 4 is 23.9 Å². The Bertz CT molecular complexity index is 1270. The van der Waals surface area contributed by atoms with Crippen molar-refractivity contribution in [3.63, 3.8) is 0 Å². The monoisotopic (exact) mass is 466 g/mol. The fourth-order valence-corrected chi connectivity index (χ4v) is 3.67. The van der Waals surface area contributed by atoms with Crippen LogP contribution in [0.2, 0.25) is 0 Å². The van der Waals surface area contributed by atoms with Crippen LogP contribution in [-0.2, 0) is 6.42 Å². The first-order chi connectivity index (χ1) is 16.9. The third-order valence-electron chi connectivity index (χ3n) is 5.72. The molecule has 0 saturated heterocycles. The summed E-state index contributed by atoms with van der Waals surface area (Å²) in [6.07, 6.45) is 10.2. The minimum Gasteiger partial charge on any atom is -0.397 e. The maximum absolute atomic E-state index is 6.45. The first-order valence-corrected chi connectivity index (χ1v) is 11.7. The van der Waals surface area contributed by atoms with Crippen LogP contribution in [0, 0.1) is 0 Å². The normalized spacial score (nSPS) is 14.5. The van der Waals surface area contributed by atoms with E-state index in [0.29, 0.717) is 17.2 Å². The van der Waals surface area contributed by atoms with Gasteiger partial charge in [-0.05, 0) is 68.3 Å². The lowest BCUT2D eigenvalue weighted by molar-refractivity contribution is 1.07. The molecule has 1 aromatic heterocycles. The minimum absolute atomic E-state index is 0.353. The molecule has 6 heteroatoms. The second kappa shape index (κ2) is 11.8. The number of anilines is 1. The van der Waals surface area contributed by atoms with Gasteiger partial charge in [0.25, 0.3) is 0 Å². The zero-order valence-corrected chi connectivity index (χ0v) is 20.8. The molecule has 6 nitrogen and oxygen atoms in total. The molecule has 1 heterocycles. The summed E-state index contributed by atoms with van der Waals surface area (Å²) >= 11 is 0. The molecule has 0 amide bonds. The average molecular weight is 467 g/mol. The molecule has 1 fully saturated rings. The van der Waals surface area contributed by atoms with E-state index in [-0.39, 0.29) is 0 Å². The highest BCUT2D eigenvalue weighted by atomic mass is 15.0. The molecule has 1 saturated carbocycles. The number of aromatic nitrogens is 1. The van der Waals surface area contributed by atoms with Crippen LogP contribution in [0.15, 0.2) is 99.8 Å². The highest BCUT2D eigenvalue weighted by Crippen LogP contribution is 2.38. The van der Waals surface area contributed by atoms with E-state index in [2.05, 4.69) is 59.8 Å². The van der Waals surface area contributed by atoms with Gasteiger partial charge in [-0.15, -0.1) is 0 Å². The van der Waals surface area contributed by atoms with Crippen molar-refractivity contribution < 1.29 is 0 Å². The summed E-state index contributed by atoms with van der Waals surface area (Å²) in [7, 11) is 1.63. The van der Waals surface area contributed by atoms with Crippen LogP contribution in [0.3, 0.4) is 0 Å². The standard InChI is InChI=1S/C29H34N6/c1-6-10-22(26(32-4)18-27(31)33-5)24(8-3)34-28(20-13-14-20)29-23(30)15-16-25(35-29)21-12-9-11-19(7-2)17-21/h6,8-12,15-18,34H,3-4,7,13-14,30H2,1-2,5H3,(H2,31,33)/b10-6-,24-22-,26-18-. The number of nitrogens with one attached hydrogen (secondary N) is 1. The van der Waals surface area contributed by atoms with Crippen LogP contribution in [0.5, 0.6) is 0 Å². The van der Waals surface area contributed by atoms with Crippen LogP contribution >= 0.6 is 0 Å². The van der Waals surface area contributed by atoms with Gasteiger partial charge in [0.05, 0.1) is 22.8 Å². The molecule has 1 aliphatic carbocycles. The third kappa shape index (κ3) is 6.23. The molecule has 0 unspecified atom stereocenters. The van der Waals surface area contributed by atoms with Gasteiger partial charge in [-0.3, -0.25) is 9.98 Å². The van der Waals surface area contributed by atoms with Gasteiger partial charge in [-0.1, -0.05) is 43.9 Å². The Labute approximate surface area is 208 Å². The lowest BCUT2D eigenvalue weighted by atomic mass is 10.0. The largest absolute Gasteiger partial charge is 0.397 e. The summed E-state index contributed by atoms with van der Waals surface area (Å²) < 4.78 is 0. The summed E-state index contributed by atoms with van der Waals surface area (Å²) in [6, 6.07) is 12.3. The summed E-state index contributed by atoms with van der Waals surface area (Å²) in [5.41, 5.74) is 21.2. The van der Waals surface area contributed by atoms with Gasteiger partial charge in [-0.2, -0.15) is 0 Å². The zero-order chi connectivity index (χ0) is 25.4. The Hall–Kier alpha value is -4.19. The van der Waals surface area contributed by atoms with Crippen LogP contribution in [-0.4, -0.2) is 24.6 Å². The quantitative estimate of drug-likeness (QED) is 0.242. The molecule has 2 aromatic rings. The van der Waals surface area contributed by atoms with E-state index in [9.17, 15) is 0 Å². The van der Waals surface area contributed by atoms with Gasteiger partial charge in [0.2, 0.25) is 0 Å². The van der Waals surface area contributed by atoms with Crippen LogP contribution in [0.4, 0.5) is 5.69 Å². The van der Waals surface area contributed by atoms with E-state index in [4.69, 9.17) is 16.5 Å². The molecule has 1 aliphatic rings. The topological polar surface area (TPSA) is 102 Å². The number of rotatable bonds is 10. The lowest BCUT2D eigenvalue weighted by Gasteiger charge is -2.17. The summed E-state index contributed by atoms with van der Waals surface area (Å²) in [5.74, 6) is 0.353. The van der Waals surface area contributed by atoms with Crippen molar-refractivity contribution in [2.75, 3.05) is 12.8 Å². The summed E-state index contributed by atoms with van der Waals surface area (Å²) in [4.78, 5) is 13.2. The first-order valence-electron chi connectivity index (χ1n) is 11.7. The fraction of sp³-hybridized carbons (Fsp3) is 0.207. The van der Waals surface area contributed by atoms with Crippen molar-refractivity contribution in [1.82, 2.24) is 10.3 Å². The lowest BCUT2D eigenvalue weighted by Crippen LogP contribution is -2.16. The molecule has 0 atom stereocenters. The van der Waals surface area contributed by atoms with Gasteiger partial charge in [0.1, 0.15) is 11.5 Å². The minimum atomic E-state index is 0.353. The highest BCUT2D eigenvalue weighted by Gasteiger charge is 2.23. The second-order valence-corrected chi connectivity index (χ2v) is 8.16. The maximum Gasteiger partial charge on any atom is 0.120 e. The smallest absolute Gasteiger partial charge is 0.120 e. The highest BCUT2D eigenvalue weighted by molar-refractivity contribution is 5.93. The number of nitrogens with zero attached hydrogens (tertiary/aromatic N) is 3. The van der Waals surface area contributed by atoms with Gasteiger partial charge in [0, 0.05) is 30.0 Å². The molecule has 0 aliphatic heterocycles. The number of aliphatic imine (C=N–C) groups is 2. The van der Waals surface area contributed by atoms with E-state index < -0.39 is 0 Å². The molecule has 1 aromatic carbocycles. The number of benzene rings is 1. The predicted molar refractivity (Wildman–Crippen MR) is 150 cm³/mol. The summed E-state index contributed by atoms with van der Waals surface area (Å²) in [5, 5.41) is 3.55. The van der Waals surface area contributed by atoms with Crippen LogP contribution in [0.1, 0.15) is 37.9 Å². The first kappa shape index (κ1) is 25.4. The van der Waals surface area contributed by atoms with Crippen molar-refractivity contribution in [2.24, 2.45) is 15.7 Å². The molecule has 5 N–H and O–H groups in total. The Morgan fingerprint density at radius 1 is 1.23 bits per heavy atom. The number of aryl methyl sites for hydroxylation is 1. The zero-order valence-electron chi connectivity index (χ0n) is 20.8. The van der Waals surface area contributed by atoms with Crippen molar-refractivity contribution in [3.8, 4) is 11.3 Å². The van der Waals surface area contributed by atoms with E-state index in [1.807, 2.05) is 31.2 Å². The fourth-order valence-electron chi connectivity index (χ4n) is 3.67. The van der Waals surface area contributed by atoms with Crippen molar-refractivity contribution in [2.45, 2.75) is 33.1 Å². The van der Waals surface area contributed by atoms with Crippen molar-refractivity contribution in [1.29, 1.82) is 0 Å². The molecular formula is C29H34N6. The number of allylic oxidation sites excluding steroid dienone is 4. The van der Waals surface area contributed by atoms with E-state index in [0.717, 1.165) is 53.2 Å². The summed E-state index contributed by atoms with van der Waals surface area (Å²) in [6.45, 7) is 11.8. The number of nitrogen functional groups attached to an aromatic ring is 1. The Morgan fingerprint density at radius 2 is 2.00 bits per heavy atom. The number of pyridine rings is 1. The molecular weight excluding hydrogens is 432 g/mol. The van der Waals surface area contributed by atoms with Gasteiger partial charge < -0.3 is 16.8 Å². The molecule has 3 rings (SSSR count). The number of amidine groups is 1. The molecule has 35 heavy (non-hydrogen) atoms. The molecule has 0 radical (unpaired) electrons. The molecule has 180 valence electrons. The number of nitrogens with two attached hydrogens (primary N) is 2. The second-order valence-electron chi connectivity index (χ2n) is 8.16. The average Bonchev–Trinajstić information content (AvgIpc) is 3.73. The van der Waals surface area contributed by atoms with Crippen LogP contribution in [0.25, 0.3) is 17.0 Å². The Morgan fingerprint density at radius 3 is 2.60 bits per heavy atom. The number of hydrogen-bond donors (Lipinski definition) is 3. The number of hydrogen-bond acceptors (Lipinski definition) is 5. The van der Waals surface area contributed by atoms with E-state index in [1.54, 1.807) is 19.2 Å². The van der Waals surface area contributed by atoms with Gasteiger partial charge >= 0.3 is 0 Å². The predicted octanol–water partition coefficient (Wildman–Crippen LogP) is 5.58. The van der Waals surface area contributed by atoms with Crippen molar-refractivity contribution in [3.05, 3.63) is 101 Å². The van der Waals surface area contributed by atoms with E-state index in [1.165, 1.54) is 11.1 Å². The van der Waals surface area contributed by atoms with Gasteiger partial charge in [-0.25, -0.2) is 4.98 Å². The Kier molecular flexibility index (Phi) is 8.57. The van der Waals surface area contributed by atoms with Gasteiger partial charge in [0.15, 0.2) is 0 Å². The van der Waals surface area contributed by atoms with E-state index >= 15 is 0 Å². The maximum atomic E-state index is 6.45. The van der Waals surface area contributed by atoms with Crippen LogP contribution < -0.4 is 16.8 Å². The molecule has 0 bridgehead atoms. The Balaban J connectivity index is 2.12. The molecule has 0 spiro atoms. The SMILES string of the molecule is C=C/C(NC(=C1CC1)c1nc(-c2cccc(CC)c2)ccc1N)=C(\C=C/C)C(=C/C(N)=NC)/N=C.